The molecular formula is C22H30O9. The van der Waals surface area contributed by atoms with Crippen molar-refractivity contribution >= 4 is 11.9 Å². The topological polar surface area (TPSA) is 124 Å². The first-order valence-electron chi connectivity index (χ1n) is 11.1. The molecule has 4 bridgehead atoms. The molecule has 0 aromatic carbocycles. The van der Waals surface area contributed by atoms with Gasteiger partial charge in [-0.1, -0.05) is 0 Å². The molecule has 2 aliphatic heterocycles. The molecule has 4 saturated carbocycles. The third kappa shape index (κ3) is 1.91. The Balaban J connectivity index is 1.55. The van der Waals surface area contributed by atoms with Gasteiger partial charge in [-0.2, -0.15) is 0 Å². The van der Waals surface area contributed by atoms with Gasteiger partial charge in [0.15, 0.2) is 0 Å². The molecule has 0 aromatic rings. The third-order valence-electron chi connectivity index (χ3n) is 9.99. The van der Waals surface area contributed by atoms with E-state index in [9.17, 15) is 19.8 Å². The van der Waals surface area contributed by atoms with E-state index in [0.717, 1.165) is 0 Å². The minimum Gasteiger partial charge on any atom is -0.469 e. The van der Waals surface area contributed by atoms with Gasteiger partial charge in [0.2, 0.25) is 0 Å². The number of ether oxygens (including phenoxy) is 5. The molecule has 2 N–H and O–H groups in total. The fourth-order valence-corrected chi connectivity index (χ4v) is 8.87. The van der Waals surface area contributed by atoms with Crippen molar-refractivity contribution in [2.75, 3.05) is 27.6 Å². The zero-order valence-corrected chi connectivity index (χ0v) is 18.1. The maximum Gasteiger partial charge on any atom is 0.315 e. The Labute approximate surface area is 180 Å². The molecule has 0 unspecified atom stereocenters. The number of methoxy groups -OCH3 is 2. The Morgan fingerprint density at radius 1 is 1.26 bits per heavy atom. The van der Waals surface area contributed by atoms with Gasteiger partial charge < -0.3 is 33.9 Å². The Morgan fingerprint density at radius 2 is 2.00 bits per heavy atom. The Morgan fingerprint density at radius 3 is 2.65 bits per heavy atom. The van der Waals surface area contributed by atoms with Gasteiger partial charge in [0, 0.05) is 24.4 Å². The highest BCUT2D eigenvalue weighted by molar-refractivity contribution is 5.86. The number of hydrogen-bond donors (Lipinski definition) is 2. The van der Waals surface area contributed by atoms with E-state index in [0.29, 0.717) is 25.7 Å². The number of aliphatic hydroxyl groups is 2. The molecule has 2 heterocycles. The zero-order chi connectivity index (χ0) is 22.0. The average Bonchev–Trinajstić information content (AvgIpc) is 3.47. The van der Waals surface area contributed by atoms with Crippen molar-refractivity contribution in [1.29, 1.82) is 0 Å². The van der Waals surface area contributed by atoms with Crippen LogP contribution in [-0.2, 0) is 33.3 Å². The van der Waals surface area contributed by atoms with E-state index in [1.165, 1.54) is 14.2 Å². The lowest BCUT2D eigenvalue weighted by Crippen LogP contribution is -2.54. The SMILES string of the molecule is COCO[C@H]1CC[C@]23OC(=O)[C@@]1(C)[C@H]2[C@H](C(=O)OC)[C@]12C[C@](O)(CC[C@@H]31)[C@]1(CO1)[C@H]2O. The summed E-state index contributed by atoms with van der Waals surface area (Å²) in [5, 5.41) is 23.2. The molecule has 10 atom stereocenters. The molecular weight excluding hydrogens is 408 g/mol. The maximum absolute atomic E-state index is 13.4. The standard InChI is InChI=1S/C22H30O9/c1-18-12(29-10-27-2)5-7-21(31-17(18)25)11-4-6-19(26)8-20(11,16(24)22(19)9-30-22)13(14(18)21)15(23)28-3/h11-14,16,24,26H,4-10H2,1-3H3/t11-,12+,13-,14-,16+,18-,19-,20+,21-,22+/m1/s1. The first-order chi connectivity index (χ1) is 14.7. The monoisotopic (exact) mass is 438 g/mol. The van der Waals surface area contributed by atoms with Crippen LogP contribution in [0.15, 0.2) is 0 Å². The molecule has 6 aliphatic rings. The highest BCUT2D eigenvalue weighted by atomic mass is 16.7. The fourth-order valence-electron chi connectivity index (χ4n) is 8.87. The second-order valence-electron chi connectivity index (χ2n) is 10.7. The van der Waals surface area contributed by atoms with Crippen molar-refractivity contribution in [3.63, 3.8) is 0 Å². The van der Waals surface area contributed by atoms with Crippen LogP contribution in [0.5, 0.6) is 0 Å². The quantitative estimate of drug-likeness (QED) is 0.359. The number of aliphatic hydroxyl groups excluding tert-OH is 1. The molecule has 2 spiro atoms. The van der Waals surface area contributed by atoms with Crippen LogP contribution >= 0.6 is 0 Å². The number of hydrogen-bond acceptors (Lipinski definition) is 9. The van der Waals surface area contributed by atoms with E-state index in [1.54, 1.807) is 0 Å². The summed E-state index contributed by atoms with van der Waals surface area (Å²) in [6.45, 7) is 2.10. The van der Waals surface area contributed by atoms with Crippen molar-refractivity contribution < 1.29 is 43.5 Å². The van der Waals surface area contributed by atoms with Gasteiger partial charge in [0.1, 0.15) is 18.0 Å². The normalized spacial score (nSPS) is 58.1. The second-order valence-corrected chi connectivity index (χ2v) is 10.7. The number of carbonyl (C=O) groups is 2. The van der Waals surface area contributed by atoms with E-state index >= 15 is 0 Å². The van der Waals surface area contributed by atoms with Crippen LogP contribution < -0.4 is 0 Å². The first-order valence-corrected chi connectivity index (χ1v) is 11.1. The van der Waals surface area contributed by atoms with Gasteiger partial charge in [0.25, 0.3) is 0 Å². The molecule has 172 valence electrons. The van der Waals surface area contributed by atoms with E-state index in [2.05, 4.69) is 0 Å². The summed E-state index contributed by atoms with van der Waals surface area (Å²) < 4.78 is 28.2. The number of fused-ring (bicyclic) bond motifs is 2. The summed E-state index contributed by atoms with van der Waals surface area (Å²) in [5.74, 6) is -2.44. The number of carbonyl (C=O) groups excluding carboxylic acids is 2. The fraction of sp³-hybridized carbons (Fsp3) is 0.909. The molecule has 0 aromatic heterocycles. The average molecular weight is 438 g/mol. The van der Waals surface area contributed by atoms with Crippen molar-refractivity contribution in [1.82, 2.24) is 0 Å². The molecule has 4 aliphatic carbocycles. The maximum atomic E-state index is 13.4. The van der Waals surface area contributed by atoms with Crippen molar-refractivity contribution in [3.05, 3.63) is 0 Å². The molecule has 2 saturated heterocycles. The third-order valence-corrected chi connectivity index (χ3v) is 9.99. The van der Waals surface area contributed by atoms with Crippen LogP contribution in [0.2, 0.25) is 0 Å². The zero-order valence-electron chi connectivity index (χ0n) is 18.1. The highest BCUT2D eigenvalue weighted by Gasteiger charge is 2.91. The molecule has 31 heavy (non-hydrogen) atoms. The van der Waals surface area contributed by atoms with E-state index in [4.69, 9.17) is 23.7 Å². The van der Waals surface area contributed by atoms with Crippen LogP contribution in [0, 0.1) is 28.6 Å². The highest BCUT2D eigenvalue weighted by Crippen LogP contribution is 2.80. The summed E-state index contributed by atoms with van der Waals surface area (Å²) in [6, 6.07) is 0. The van der Waals surface area contributed by atoms with Crippen molar-refractivity contribution in [2.24, 2.45) is 28.6 Å². The van der Waals surface area contributed by atoms with E-state index in [1.807, 2.05) is 6.92 Å². The summed E-state index contributed by atoms with van der Waals surface area (Å²) in [7, 11) is 2.85. The first kappa shape index (κ1) is 20.4. The lowest BCUT2D eigenvalue weighted by molar-refractivity contribution is -0.176. The van der Waals surface area contributed by atoms with Crippen molar-refractivity contribution in [3.8, 4) is 0 Å². The smallest absolute Gasteiger partial charge is 0.315 e. The van der Waals surface area contributed by atoms with Crippen LogP contribution in [0.25, 0.3) is 0 Å². The van der Waals surface area contributed by atoms with Gasteiger partial charge in [-0.05, 0) is 39.0 Å². The minimum atomic E-state index is -1.20. The van der Waals surface area contributed by atoms with Gasteiger partial charge in [-0.25, -0.2) is 0 Å². The lowest BCUT2D eigenvalue weighted by Gasteiger charge is -2.46. The Kier molecular flexibility index (Phi) is 3.81. The number of esters is 2. The minimum absolute atomic E-state index is 0.0318. The summed E-state index contributed by atoms with van der Waals surface area (Å²) in [6.07, 6.45) is 0.834. The van der Waals surface area contributed by atoms with E-state index < -0.39 is 57.6 Å². The number of epoxide rings is 1. The van der Waals surface area contributed by atoms with Gasteiger partial charge in [-0.15, -0.1) is 0 Å². The van der Waals surface area contributed by atoms with Gasteiger partial charge >= 0.3 is 11.9 Å². The lowest BCUT2D eigenvalue weighted by atomic mass is 9.58. The molecule has 0 amide bonds. The van der Waals surface area contributed by atoms with Crippen LogP contribution in [0.4, 0.5) is 0 Å². The van der Waals surface area contributed by atoms with Crippen LogP contribution in [0.3, 0.4) is 0 Å². The summed E-state index contributed by atoms with van der Waals surface area (Å²) in [4.78, 5) is 26.7. The van der Waals surface area contributed by atoms with Crippen LogP contribution in [0.1, 0.15) is 39.0 Å². The predicted molar refractivity (Wildman–Crippen MR) is 101 cm³/mol. The second kappa shape index (κ2) is 5.80. The molecule has 6 fully saturated rings. The largest absolute Gasteiger partial charge is 0.469 e. The van der Waals surface area contributed by atoms with Crippen LogP contribution in [-0.4, -0.2) is 78.8 Å². The van der Waals surface area contributed by atoms with Crippen molar-refractivity contribution in [2.45, 2.75) is 68.0 Å². The van der Waals surface area contributed by atoms with E-state index in [-0.39, 0.29) is 31.7 Å². The van der Waals surface area contributed by atoms with Gasteiger partial charge in [-0.3, -0.25) is 9.59 Å². The molecule has 0 radical (unpaired) electrons. The molecule has 9 heteroatoms. The predicted octanol–water partition coefficient (Wildman–Crippen LogP) is 0.151. The number of rotatable bonds is 4. The van der Waals surface area contributed by atoms with Gasteiger partial charge in [0.05, 0.1) is 42.9 Å². The Hall–Kier alpha value is -1.26. The molecule has 6 rings (SSSR count). The summed E-state index contributed by atoms with van der Waals surface area (Å²) in [5.41, 5.74) is -5.19. The Bertz CT molecular complexity index is 856. The summed E-state index contributed by atoms with van der Waals surface area (Å²) >= 11 is 0. The molecule has 9 nitrogen and oxygen atoms in total.